The Bertz CT molecular complexity index is 450. The second-order valence-electron chi connectivity index (χ2n) is 4.66. The minimum Gasteiger partial charge on any atom is -0.388 e. The average Bonchev–Trinajstić information content (AvgIpc) is 3.04. The lowest BCUT2D eigenvalue weighted by atomic mass is 9.94. The molecule has 1 aromatic rings. The van der Waals surface area contributed by atoms with Crippen molar-refractivity contribution in [1.29, 1.82) is 0 Å². The van der Waals surface area contributed by atoms with E-state index in [-0.39, 0.29) is 11.4 Å². The van der Waals surface area contributed by atoms with Crippen LogP contribution in [-0.4, -0.2) is 36.5 Å². The maximum atomic E-state index is 13.8. The predicted molar refractivity (Wildman–Crippen MR) is 65.6 cm³/mol. The summed E-state index contributed by atoms with van der Waals surface area (Å²) in [5, 5.41) is 9.98. The Morgan fingerprint density at radius 3 is 2.88 bits per heavy atom. The molecule has 0 aliphatic carbocycles. The molecule has 2 saturated heterocycles. The molecule has 0 bridgehead atoms. The Hall–Kier alpha value is -0.650. The van der Waals surface area contributed by atoms with Gasteiger partial charge in [0.1, 0.15) is 17.5 Å². The Morgan fingerprint density at radius 1 is 1.53 bits per heavy atom. The average molecular weight is 302 g/mol. The maximum Gasteiger partial charge on any atom is 0.147 e. The standard InChI is InChI=1S/C12H13BrFNO2/c13-8-1-2-10(9(14)5-8)15-4-3-12(7-17-12)11(16)6-15/h1-2,5,11,16H,3-4,6-7H2. The molecule has 5 heteroatoms. The Morgan fingerprint density at radius 2 is 2.29 bits per heavy atom. The topological polar surface area (TPSA) is 36.0 Å². The van der Waals surface area contributed by atoms with Gasteiger partial charge in [-0.2, -0.15) is 0 Å². The largest absolute Gasteiger partial charge is 0.388 e. The van der Waals surface area contributed by atoms with Crippen molar-refractivity contribution in [2.24, 2.45) is 0 Å². The number of epoxide rings is 1. The van der Waals surface area contributed by atoms with Crippen LogP contribution in [0.15, 0.2) is 22.7 Å². The van der Waals surface area contributed by atoms with Crippen LogP contribution in [0.25, 0.3) is 0 Å². The van der Waals surface area contributed by atoms with Gasteiger partial charge in [0.25, 0.3) is 0 Å². The second-order valence-corrected chi connectivity index (χ2v) is 5.58. The molecule has 2 unspecified atom stereocenters. The molecular formula is C12H13BrFNO2. The minimum atomic E-state index is -0.528. The molecule has 1 N–H and O–H groups in total. The molecule has 0 aromatic heterocycles. The molecule has 1 aromatic carbocycles. The zero-order valence-corrected chi connectivity index (χ0v) is 10.8. The fourth-order valence-electron chi connectivity index (χ4n) is 2.34. The number of ether oxygens (including phenoxy) is 1. The smallest absolute Gasteiger partial charge is 0.147 e. The van der Waals surface area contributed by atoms with Gasteiger partial charge in [0.05, 0.1) is 12.3 Å². The first kappa shape index (κ1) is 11.4. The SMILES string of the molecule is OC1CN(c2ccc(Br)cc2F)CCC12CO2. The number of hydrogen-bond donors (Lipinski definition) is 1. The molecule has 2 atom stereocenters. The minimum absolute atomic E-state index is 0.265. The number of anilines is 1. The number of rotatable bonds is 1. The van der Waals surface area contributed by atoms with E-state index in [1.165, 1.54) is 6.07 Å². The van der Waals surface area contributed by atoms with Crippen molar-refractivity contribution >= 4 is 21.6 Å². The van der Waals surface area contributed by atoms with Crippen LogP contribution < -0.4 is 4.90 Å². The Balaban J connectivity index is 1.81. The van der Waals surface area contributed by atoms with Crippen LogP contribution in [0.5, 0.6) is 0 Å². The zero-order valence-electron chi connectivity index (χ0n) is 9.20. The van der Waals surface area contributed by atoms with Gasteiger partial charge >= 0.3 is 0 Å². The van der Waals surface area contributed by atoms with E-state index < -0.39 is 6.10 Å². The van der Waals surface area contributed by atoms with E-state index in [9.17, 15) is 9.50 Å². The van der Waals surface area contributed by atoms with E-state index in [2.05, 4.69) is 15.9 Å². The zero-order chi connectivity index (χ0) is 12.0. The van der Waals surface area contributed by atoms with Gasteiger partial charge in [-0.25, -0.2) is 4.39 Å². The van der Waals surface area contributed by atoms with Crippen molar-refractivity contribution in [3.05, 3.63) is 28.5 Å². The van der Waals surface area contributed by atoms with Crippen molar-refractivity contribution in [3.8, 4) is 0 Å². The molecular weight excluding hydrogens is 289 g/mol. The van der Waals surface area contributed by atoms with Crippen molar-refractivity contribution in [2.75, 3.05) is 24.6 Å². The summed E-state index contributed by atoms with van der Waals surface area (Å²) in [6.07, 6.45) is 0.225. The van der Waals surface area contributed by atoms with E-state index in [0.29, 0.717) is 18.8 Å². The van der Waals surface area contributed by atoms with Crippen molar-refractivity contribution in [1.82, 2.24) is 0 Å². The highest BCUT2D eigenvalue weighted by Gasteiger charge is 2.53. The third kappa shape index (κ3) is 1.96. The van der Waals surface area contributed by atoms with E-state index in [4.69, 9.17) is 4.74 Å². The van der Waals surface area contributed by atoms with E-state index in [1.807, 2.05) is 11.0 Å². The lowest BCUT2D eigenvalue weighted by Crippen LogP contribution is -2.49. The monoisotopic (exact) mass is 301 g/mol. The molecule has 92 valence electrons. The number of hydrogen-bond acceptors (Lipinski definition) is 3. The van der Waals surface area contributed by atoms with Gasteiger partial charge in [-0.05, 0) is 24.6 Å². The number of halogens is 2. The van der Waals surface area contributed by atoms with Crippen molar-refractivity contribution in [3.63, 3.8) is 0 Å². The molecule has 0 radical (unpaired) electrons. The van der Waals surface area contributed by atoms with Gasteiger partial charge in [-0.1, -0.05) is 15.9 Å². The summed E-state index contributed by atoms with van der Waals surface area (Å²) in [4.78, 5) is 1.87. The molecule has 0 amide bonds. The number of benzene rings is 1. The third-order valence-electron chi connectivity index (χ3n) is 3.57. The summed E-state index contributed by atoms with van der Waals surface area (Å²) in [6.45, 7) is 1.78. The van der Waals surface area contributed by atoms with E-state index >= 15 is 0 Å². The van der Waals surface area contributed by atoms with Crippen LogP contribution in [0.2, 0.25) is 0 Å². The maximum absolute atomic E-state index is 13.8. The van der Waals surface area contributed by atoms with Gasteiger partial charge in [-0.15, -0.1) is 0 Å². The normalized spacial score (nSPS) is 31.9. The van der Waals surface area contributed by atoms with Gasteiger partial charge in [0.15, 0.2) is 0 Å². The first-order valence-electron chi connectivity index (χ1n) is 5.63. The number of nitrogens with zero attached hydrogens (tertiary/aromatic N) is 1. The van der Waals surface area contributed by atoms with Crippen LogP contribution in [0.3, 0.4) is 0 Å². The number of piperidine rings is 1. The Kier molecular flexibility index (Phi) is 2.65. The highest BCUT2D eigenvalue weighted by molar-refractivity contribution is 9.10. The fourth-order valence-corrected chi connectivity index (χ4v) is 2.68. The van der Waals surface area contributed by atoms with Crippen LogP contribution in [0.1, 0.15) is 6.42 Å². The van der Waals surface area contributed by atoms with Gasteiger partial charge in [-0.3, -0.25) is 0 Å². The second kappa shape index (κ2) is 3.93. The van der Waals surface area contributed by atoms with Gasteiger partial charge in [0.2, 0.25) is 0 Å². The first-order chi connectivity index (χ1) is 8.11. The lowest BCUT2D eigenvalue weighted by Gasteiger charge is -2.36. The quantitative estimate of drug-likeness (QED) is 0.805. The fraction of sp³-hybridized carbons (Fsp3) is 0.500. The summed E-state index contributed by atoms with van der Waals surface area (Å²) in [7, 11) is 0. The van der Waals surface area contributed by atoms with Crippen LogP contribution in [0, 0.1) is 5.82 Å². The summed E-state index contributed by atoms with van der Waals surface area (Å²) in [5.74, 6) is -0.265. The molecule has 2 heterocycles. The van der Waals surface area contributed by atoms with Crippen LogP contribution >= 0.6 is 15.9 Å². The lowest BCUT2D eigenvalue weighted by molar-refractivity contribution is 0.0609. The summed E-state index contributed by atoms with van der Waals surface area (Å²) >= 11 is 3.23. The Labute approximate surface area is 107 Å². The van der Waals surface area contributed by atoms with E-state index in [0.717, 1.165) is 17.4 Å². The molecule has 1 spiro atoms. The highest BCUT2D eigenvalue weighted by Crippen LogP contribution is 2.39. The van der Waals surface area contributed by atoms with Crippen LogP contribution in [0.4, 0.5) is 10.1 Å². The summed E-state index contributed by atoms with van der Waals surface area (Å²) in [5.41, 5.74) is 0.213. The molecule has 2 aliphatic heterocycles. The molecule has 0 saturated carbocycles. The van der Waals surface area contributed by atoms with Gasteiger partial charge in [0, 0.05) is 17.6 Å². The molecule has 3 nitrogen and oxygen atoms in total. The van der Waals surface area contributed by atoms with Crippen LogP contribution in [-0.2, 0) is 4.74 Å². The third-order valence-corrected chi connectivity index (χ3v) is 4.06. The van der Waals surface area contributed by atoms with Gasteiger partial charge < -0.3 is 14.7 Å². The highest BCUT2D eigenvalue weighted by atomic mass is 79.9. The molecule has 17 heavy (non-hydrogen) atoms. The first-order valence-corrected chi connectivity index (χ1v) is 6.42. The number of aliphatic hydroxyl groups is 1. The predicted octanol–water partition coefficient (Wildman–Crippen LogP) is 1.93. The number of β-amino-alcohol motifs (C(OH)–C–C–N with tert-alkyl or cyclic N) is 1. The molecule has 3 rings (SSSR count). The van der Waals surface area contributed by atoms with E-state index in [1.54, 1.807) is 6.07 Å². The molecule has 2 fully saturated rings. The van der Waals surface area contributed by atoms with Crippen molar-refractivity contribution in [2.45, 2.75) is 18.1 Å². The molecule has 2 aliphatic rings. The summed E-state index contributed by atoms with van der Waals surface area (Å²) < 4.78 is 19.8. The van der Waals surface area contributed by atoms with Crippen molar-refractivity contribution < 1.29 is 14.2 Å². The number of aliphatic hydroxyl groups excluding tert-OH is 1. The summed E-state index contributed by atoms with van der Waals surface area (Å²) in [6, 6.07) is 4.99.